The largest absolute Gasteiger partial charge is 0.364 e. The lowest BCUT2D eigenvalue weighted by molar-refractivity contribution is -0.187. The predicted molar refractivity (Wildman–Crippen MR) is 46.3 cm³/mol. The molecule has 0 radical (unpaired) electrons. The van der Waals surface area contributed by atoms with Crippen LogP contribution in [-0.4, -0.2) is 24.1 Å². The average molecular weight is 169 g/mol. The molecular weight excluding hydrogens is 154 g/mol. The minimum atomic E-state index is -0.264. The van der Waals surface area contributed by atoms with Crippen molar-refractivity contribution in [2.24, 2.45) is 0 Å². The van der Waals surface area contributed by atoms with E-state index < -0.39 is 0 Å². The highest BCUT2D eigenvalue weighted by Gasteiger charge is 2.12. The van der Waals surface area contributed by atoms with Gasteiger partial charge in [-0.25, -0.2) is 4.79 Å². The molecule has 0 bridgehead atoms. The van der Waals surface area contributed by atoms with Crippen LogP contribution in [0, 0.1) is 0 Å². The molecule has 0 atom stereocenters. The van der Waals surface area contributed by atoms with E-state index in [2.05, 4.69) is 0 Å². The monoisotopic (exact) mass is 169 g/mol. The Morgan fingerprint density at radius 1 is 1.33 bits per heavy atom. The second kappa shape index (κ2) is 4.93. The molecule has 0 aromatic rings. The van der Waals surface area contributed by atoms with Gasteiger partial charge in [-0.3, -0.25) is 0 Å². The minimum absolute atomic E-state index is 0.264. The van der Waals surface area contributed by atoms with Crippen molar-refractivity contribution >= 4 is 5.97 Å². The minimum Gasteiger partial charge on any atom is -0.364 e. The van der Waals surface area contributed by atoms with E-state index in [9.17, 15) is 4.79 Å². The topological polar surface area (TPSA) is 29.5 Å². The van der Waals surface area contributed by atoms with Crippen molar-refractivity contribution < 1.29 is 9.63 Å². The third-order valence-electron chi connectivity index (χ3n) is 1.84. The highest BCUT2D eigenvalue weighted by atomic mass is 16.7. The normalized spacial score (nSPS) is 19.8. The summed E-state index contributed by atoms with van der Waals surface area (Å²) in [6, 6.07) is 0. The van der Waals surface area contributed by atoms with Gasteiger partial charge in [0.1, 0.15) is 0 Å². The Morgan fingerprint density at radius 3 is 2.58 bits per heavy atom. The van der Waals surface area contributed by atoms with Crippen molar-refractivity contribution in [3.8, 4) is 0 Å². The summed E-state index contributed by atoms with van der Waals surface area (Å²) in [6.07, 6.45) is 6.63. The van der Waals surface area contributed by atoms with Crippen LogP contribution in [-0.2, 0) is 9.63 Å². The summed E-state index contributed by atoms with van der Waals surface area (Å²) in [5, 5.41) is 1.74. The fraction of sp³-hybridized carbons (Fsp3) is 0.667. The molecule has 0 aliphatic carbocycles. The van der Waals surface area contributed by atoms with Gasteiger partial charge in [-0.2, -0.15) is 0 Å². The summed E-state index contributed by atoms with van der Waals surface area (Å²) in [4.78, 5) is 16.0. The zero-order chi connectivity index (χ0) is 8.81. The molecule has 1 aliphatic rings. The van der Waals surface area contributed by atoms with Crippen LogP contribution in [0.2, 0.25) is 0 Å². The predicted octanol–water partition coefficient (Wildman–Crippen LogP) is 1.51. The summed E-state index contributed by atoms with van der Waals surface area (Å²) in [5.41, 5.74) is 0. The van der Waals surface area contributed by atoms with Gasteiger partial charge in [-0.1, -0.05) is 12.5 Å². The van der Waals surface area contributed by atoms with E-state index in [1.165, 1.54) is 12.5 Å². The molecule has 1 aliphatic heterocycles. The van der Waals surface area contributed by atoms with E-state index in [1.807, 2.05) is 0 Å². The van der Waals surface area contributed by atoms with Gasteiger partial charge >= 0.3 is 5.97 Å². The Balaban J connectivity index is 2.24. The van der Waals surface area contributed by atoms with Gasteiger partial charge in [0.15, 0.2) is 0 Å². The Morgan fingerprint density at radius 2 is 2.00 bits per heavy atom. The molecule has 3 nitrogen and oxygen atoms in total. The molecule has 68 valence electrons. The van der Waals surface area contributed by atoms with Gasteiger partial charge in [-0.05, 0) is 19.8 Å². The van der Waals surface area contributed by atoms with Crippen LogP contribution in [0.3, 0.4) is 0 Å². The standard InChI is InChI=1S/C9H15NO2/c1-2-6-9(11)12-10-7-4-3-5-8-10/h2,6H,3-5,7-8H2,1H3. The molecule has 12 heavy (non-hydrogen) atoms. The number of carbonyl (C=O) groups is 1. The maximum atomic E-state index is 11.0. The maximum absolute atomic E-state index is 11.0. The first kappa shape index (κ1) is 9.26. The number of allylic oxidation sites excluding steroid dienone is 1. The molecule has 0 aromatic carbocycles. The molecule has 0 spiro atoms. The molecule has 3 heteroatoms. The van der Waals surface area contributed by atoms with Crippen molar-refractivity contribution in [3.05, 3.63) is 12.2 Å². The number of hydroxylamine groups is 2. The highest BCUT2D eigenvalue weighted by molar-refractivity contribution is 5.81. The Labute approximate surface area is 73.0 Å². The third kappa shape index (κ3) is 3.05. The summed E-state index contributed by atoms with van der Waals surface area (Å²) in [7, 11) is 0. The molecule has 1 fully saturated rings. The van der Waals surface area contributed by atoms with Gasteiger partial charge in [0.2, 0.25) is 0 Å². The fourth-order valence-corrected chi connectivity index (χ4v) is 1.25. The molecular formula is C9H15NO2. The van der Waals surface area contributed by atoms with Crippen molar-refractivity contribution in [1.82, 2.24) is 5.06 Å². The number of piperidine rings is 1. The van der Waals surface area contributed by atoms with Crippen molar-refractivity contribution in [2.75, 3.05) is 13.1 Å². The van der Waals surface area contributed by atoms with Gasteiger partial charge in [0.25, 0.3) is 0 Å². The quantitative estimate of drug-likeness (QED) is 0.587. The number of hydrogen-bond donors (Lipinski definition) is 0. The highest BCUT2D eigenvalue weighted by Crippen LogP contribution is 2.08. The maximum Gasteiger partial charge on any atom is 0.349 e. The van der Waals surface area contributed by atoms with Crippen LogP contribution in [0.1, 0.15) is 26.2 Å². The summed E-state index contributed by atoms with van der Waals surface area (Å²) >= 11 is 0. The lowest BCUT2D eigenvalue weighted by Crippen LogP contribution is -2.31. The molecule has 1 rings (SSSR count). The third-order valence-corrected chi connectivity index (χ3v) is 1.84. The van der Waals surface area contributed by atoms with Crippen LogP contribution in [0.25, 0.3) is 0 Å². The van der Waals surface area contributed by atoms with Crippen LogP contribution in [0.5, 0.6) is 0 Å². The van der Waals surface area contributed by atoms with Crippen molar-refractivity contribution in [3.63, 3.8) is 0 Å². The Bertz CT molecular complexity index is 171. The second-order valence-corrected chi connectivity index (χ2v) is 2.90. The zero-order valence-electron chi connectivity index (χ0n) is 7.45. The number of hydrogen-bond acceptors (Lipinski definition) is 3. The van der Waals surface area contributed by atoms with E-state index >= 15 is 0 Å². The number of rotatable bonds is 2. The van der Waals surface area contributed by atoms with E-state index in [0.717, 1.165) is 25.9 Å². The van der Waals surface area contributed by atoms with Crippen LogP contribution >= 0.6 is 0 Å². The SMILES string of the molecule is CC=CC(=O)ON1CCCCC1. The first-order valence-electron chi connectivity index (χ1n) is 4.42. The van der Waals surface area contributed by atoms with E-state index in [1.54, 1.807) is 18.1 Å². The van der Waals surface area contributed by atoms with Crippen LogP contribution in [0.15, 0.2) is 12.2 Å². The lowest BCUT2D eigenvalue weighted by atomic mass is 10.2. The summed E-state index contributed by atoms with van der Waals surface area (Å²) < 4.78 is 0. The van der Waals surface area contributed by atoms with E-state index in [-0.39, 0.29) is 5.97 Å². The fourth-order valence-electron chi connectivity index (χ4n) is 1.25. The van der Waals surface area contributed by atoms with Gasteiger partial charge in [0, 0.05) is 19.2 Å². The molecule has 0 amide bonds. The van der Waals surface area contributed by atoms with E-state index in [4.69, 9.17) is 4.84 Å². The zero-order valence-corrected chi connectivity index (χ0v) is 7.45. The Hall–Kier alpha value is -0.830. The van der Waals surface area contributed by atoms with Gasteiger partial charge in [0.05, 0.1) is 0 Å². The first-order valence-corrected chi connectivity index (χ1v) is 4.42. The van der Waals surface area contributed by atoms with Crippen molar-refractivity contribution in [2.45, 2.75) is 26.2 Å². The van der Waals surface area contributed by atoms with Crippen LogP contribution < -0.4 is 0 Å². The number of nitrogens with zero attached hydrogens (tertiary/aromatic N) is 1. The number of carbonyl (C=O) groups excluding carboxylic acids is 1. The van der Waals surface area contributed by atoms with Gasteiger partial charge in [-0.15, -0.1) is 5.06 Å². The first-order chi connectivity index (χ1) is 5.83. The summed E-state index contributed by atoms with van der Waals surface area (Å²) in [6.45, 7) is 3.56. The molecule has 0 aromatic heterocycles. The van der Waals surface area contributed by atoms with Crippen molar-refractivity contribution in [1.29, 1.82) is 0 Å². The molecule has 0 saturated carbocycles. The van der Waals surface area contributed by atoms with Gasteiger partial charge < -0.3 is 4.84 Å². The smallest absolute Gasteiger partial charge is 0.349 e. The molecule has 1 saturated heterocycles. The molecule has 1 heterocycles. The lowest BCUT2D eigenvalue weighted by Gasteiger charge is -2.23. The van der Waals surface area contributed by atoms with E-state index in [0.29, 0.717) is 0 Å². The second-order valence-electron chi connectivity index (χ2n) is 2.90. The van der Waals surface area contributed by atoms with Crippen LogP contribution in [0.4, 0.5) is 0 Å². The Kier molecular flexibility index (Phi) is 3.80. The average Bonchev–Trinajstić information content (AvgIpc) is 2.06. The molecule has 0 unspecified atom stereocenters. The molecule has 0 N–H and O–H groups in total. The summed E-state index contributed by atoms with van der Waals surface area (Å²) in [5.74, 6) is -0.264.